The van der Waals surface area contributed by atoms with Gasteiger partial charge in [-0.3, -0.25) is 33.6 Å². The van der Waals surface area contributed by atoms with Gasteiger partial charge >= 0.3 is 41.8 Å². The fourth-order valence-corrected chi connectivity index (χ4v) is 5.30. The van der Waals surface area contributed by atoms with Gasteiger partial charge in [-0.05, 0) is 5.53 Å². The standard InChI is InChI=1S/C32H47N3O20/c1-16(36)46-14-23-25(48-18(3)38)27(50-20(5)40)29(31(53-23)45-13-12-44-11-10-43-9-8-34-35-33)55-32-30(52-22(7)42)28(51-21(6)41)26(49-19(4)39)24(54-32)15-47-17(2)37/h23-32H,8-15H2,1-7H3/t23-,24-,25-,26-,27+,28+,29+,30+,31+,32-/m1/s1. The Labute approximate surface area is 315 Å². The third-order valence-electron chi connectivity index (χ3n) is 7.17. The predicted octanol–water partition coefficient (Wildman–Crippen LogP) is -0.0338. The third-order valence-corrected chi connectivity index (χ3v) is 7.17. The molecule has 0 bridgehead atoms. The van der Waals surface area contributed by atoms with Crippen molar-refractivity contribution in [3.05, 3.63) is 10.4 Å². The highest BCUT2D eigenvalue weighted by molar-refractivity contribution is 5.69. The zero-order chi connectivity index (χ0) is 41.1. The Bertz CT molecular complexity index is 1370. The van der Waals surface area contributed by atoms with Crippen LogP contribution in [0.3, 0.4) is 0 Å². The molecule has 2 fully saturated rings. The first-order valence-electron chi connectivity index (χ1n) is 16.9. The average molecular weight is 794 g/mol. The van der Waals surface area contributed by atoms with Crippen LogP contribution in [0, 0.1) is 0 Å². The van der Waals surface area contributed by atoms with Crippen LogP contribution in [0.5, 0.6) is 0 Å². The summed E-state index contributed by atoms with van der Waals surface area (Å²) in [5.74, 6) is -5.95. The minimum atomic E-state index is -1.82. The van der Waals surface area contributed by atoms with Crippen molar-refractivity contribution in [2.24, 2.45) is 5.11 Å². The molecule has 0 unspecified atom stereocenters. The lowest BCUT2D eigenvalue weighted by Gasteiger charge is -2.48. The Hall–Kier alpha value is -4.64. The van der Waals surface area contributed by atoms with E-state index in [0.717, 1.165) is 48.5 Å². The number of esters is 7. The highest BCUT2D eigenvalue weighted by Gasteiger charge is 2.57. The number of carbonyl (C=O) groups is 7. The SMILES string of the molecule is CC(=O)OC[C@H]1O[C@H](O[C@@H]2[C@@H](OCCOCCOCCN=[N+]=[N-])O[C@H](COC(C)=O)[C@@H](OC(C)=O)[C@@H]2OC(C)=O)[C@@H](OC(C)=O)[C@@H](OC(C)=O)[C@@H]1OC(C)=O. The second-order valence-electron chi connectivity index (χ2n) is 11.7. The number of carbonyl (C=O) groups excluding carboxylic acids is 7. The minimum absolute atomic E-state index is 0.0639. The van der Waals surface area contributed by atoms with E-state index in [-0.39, 0.29) is 39.6 Å². The number of hydrogen-bond donors (Lipinski definition) is 0. The second-order valence-corrected chi connectivity index (χ2v) is 11.7. The predicted molar refractivity (Wildman–Crippen MR) is 175 cm³/mol. The molecule has 2 rings (SSSR count). The molecule has 0 aromatic carbocycles. The fraction of sp³-hybridized carbons (Fsp3) is 0.781. The molecule has 0 amide bonds. The maximum Gasteiger partial charge on any atom is 0.303 e. The van der Waals surface area contributed by atoms with Gasteiger partial charge in [-0.15, -0.1) is 0 Å². The van der Waals surface area contributed by atoms with Crippen LogP contribution in [0.4, 0.5) is 0 Å². The molecule has 310 valence electrons. The fourth-order valence-electron chi connectivity index (χ4n) is 5.30. The van der Waals surface area contributed by atoms with Gasteiger partial charge in [-0.25, -0.2) is 0 Å². The summed E-state index contributed by atoms with van der Waals surface area (Å²) in [6.45, 7) is 6.60. The number of rotatable bonds is 21. The molecule has 2 aliphatic heterocycles. The molecular formula is C32H47N3O20. The molecule has 2 heterocycles. The Morgan fingerprint density at radius 2 is 0.909 bits per heavy atom. The van der Waals surface area contributed by atoms with Crippen LogP contribution in [0.15, 0.2) is 5.11 Å². The van der Waals surface area contributed by atoms with E-state index in [2.05, 4.69) is 10.0 Å². The van der Waals surface area contributed by atoms with Crippen molar-refractivity contribution in [3.8, 4) is 0 Å². The molecular weight excluding hydrogens is 746 g/mol. The van der Waals surface area contributed by atoms with Gasteiger partial charge in [0.1, 0.15) is 25.4 Å². The molecule has 0 spiro atoms. The van der Waals surface area contributed by atoms with Crippen molar-refractivity contribution in [1.29, 1.82) is 0 Å². The van der Waals surface area contributed by atoms with Crippen molar-refractivity contribution in [1.82, 2.24) is 0 Å². The van der Waals surface area contributed by atoms with Crippen LogP contribution < -0.4 is 0 Å². The van der Waals surface area contributed by atoms with Crippen LogP contribution >= 0.6 is 0 Å². The van der Waals surface area contributed by atoms with Crippen molar-refractivity contribution < 1.29 is 95.1 Å². The summed E-state index contributed by atoms with van der Waals surface area (Å²) in [5.41, 5.74) is 8.35. The highest BCUT2D eigenvalue weighted by atomic mass is 16.8. The summed E-state index contributed by atoms with van der Waals surface area (Å²) in [6.07, 6.45) is -15.8. The molecule has 0 N–H and O–H groups in total. The smallest absolute Gasteiger partial charge is 0.303 e. The highest BCUT2D eigenvalue weighted by Crippen LogP contribution is 2.35. The van der Waals surface area contributed by atoms with Gasteiger partial charge in [0.15, 0.2) is 49.2 Å². The van der Waals surface area contributed by atoms with E-state index in [1.165, 1.54) is 0 Å². The molecule has 0 aromatic heterocycles. The van der Waals surface area contributed by atoms with Crippen molar-refractivity contribution >= 4 is 41.8 Å². The van der Waals surface area contributed by atoms with Gasteiger partial charge in [-0.1, -0.05) is 5.11 Å². The Balaban J connectivity index is 2.59. The van der Waals surface area contributed by atoms with Crippen molar-refractivity contribution in [3.63, 3.8) is 0 Å². The van der Waals surface area contributed by atoms with Crippen molar-refractivity contribution in [2.45, 2.75) is 110 Å². The summed E-state index contributed by atoms with van der Waals surface area (Å²) in [7, 11) is 0. The van der Waals surface area contributed by atoms with E-state index in [1.807, 2.05) is 0 Å². The van der Waals surface area contributed by atoms with Gasteiger partial charge in [0.05, 0.1) is 33.0 Å². The normalized spacial score (nSPS) is 27.3. The maximum atomic E-state index is 12.5. The van der Waals surface area contributed by atoms with Gasteiger partial charge < -0.3 is 61.6 Å². The monoisotopic (exact) mass is 793 g/mol. The molecule has 10 atom stereocenters. The minimum Gasteiger partial charge on any atom is -0.463 e. The van der Waals surface area contributed by atoms with Crippen LogP contribution in [0.25, 0.3) is 10.4 Å². The summed E-state index contributed by atoms with van der Waals surface area (Å²) >= 11 is 0. The summed E-state index contributed by atoms with van der Waals surface area (Å²) in [5, 5.41) is 3.35. The van der Waals surface area contributed by atoms with E-state index in [9.17, 15) is 33.6 Å². The van der Waals surface area contributed by atoms with Crippen LogP contribution in [-0.2, 0) is 95.1 Å². The summed E-state index contributed by atoms with van der Waals surface area (Å²) in [6, 6.07) is 0. The maximum absolute atomic E-state index is 12.5. The Morgan fingerprint density at radius 1 is 0.509 bits per heavy atom. The zero-order valence-electron chi connectivity index (χ0n) is 31.4. The van der Waals surface area contributed by atoms with E-state index >= 15 is 0 Å². The summed E-state index contributed by atoms with van der Waals surface area (Å²) in [4.78, 5) is 88.0. The lowest BCUT2D eigenvalue weighted by Crippen LogP contribution is -2.67. The van der Waals surface area contributed by atoms with E-state index in [0.29, 0.717) is 0 Å². The molecule has 2 saturated heterocycles. The lowest BCUT2D eigenvalue weighted by atomic mass is 9.96. The average Bonchev–Trinajstić information content (AvgIpc) is 3.07. The molecule has 2 aliphatic rings. The van der Waals surface area contributed by atoms with Gasteiger partial charge in [0.2, 0.25) is 0 Å². The molecule has 0 radical (unpaired) electrons. The van der Waals surface area contributed by atoms with Crippen molar-refractivity contribution in [2.75, 3.05) is 52.8 Å². The van der Waals surface area contributed by atoms with Crippen LogP contribution in [0.2, 0.25) is 0 Å². The zero-order valence-corrected chi connectivity index (χ0v) is 31.4. The molecule has 23 nitrogen and oxygen atoms in total. The van der Waals surface area contributed by atoms with E-state index < -0.39 is 116 Å². The number of nitrogens with zero attached hydrogens (tertiary/aromatic N) is 3. The molecule has 55 heavy (non-hydrogen) atoms. The first kappa shape index (κ1) is 46.5. The largest absolute Gasteiger partial charge is 0.463 e. The summed E-state index contributed by atoms with van der Waals surface area (Å²) < 4.78 is 72.9. The topological polar surface area (TPSA) is 288 Å². The third kappa shape index (κ3) is 16.7. The molecule has 23 heteroatoms. The quantitative estimate of drug-likeness (QED) is 0.0368. The van der Waals surface area contributed by atoms with Crippen LogP contribution in [-0.4, -0.2) is 156 Å². The first-order valence-corrected chi connectivity index (χ1v) is 16.9. The number of azide groups is 1. The molecule has 0 aliphatic carbocycles. The van der Waals surface area contributed by atoms with Gasteiger partial charge in [0.25, 0.3) is 0 Å². The number of hydrogen-bond acceptors (Lipinski definition) is 21. The number of ether oxygens (including phenoxy) is 13. The molecule has 0 aromatic rings. The van der Waals surface area contributed by atoms with E-state index in [1.54, 1.807) is 0 Å². The lowest BCUT2D eigenvalue weighted by molar-refractivity contribution is -0.369. The Morgan fingerprint density at radius 3 is 1.36 bits per heavy atom. The van der Waals surface area contributed by atoms with Gasteiger partial charge in [0, 0.05) is 59.9 Å². The second kappa shape index (κ2) is 24.0. The van der Waals surface area contributed by atoms with E-state index in [4.69, 9.17) is 67.1 Å². The molecule has 0 saturated carbocycles. The van der Waals surface area contributed by atoms with Gasteiger partial charge in [-0.2, -0.15) is 0 Å². The van der Waals surface area contributed by atoms with Crippen LogP contribution in [0.1, 0.15) is 48.5 Å². The first-order chi connectivity index (χ1) is 26.0. The Kier molecular flexibility index (Phi) is 20.3.